The molecule has 6 heteroatoms. The van der Waals surface area contributed by atoms with E-state index in [0.29, 0.717) is 11.3 Å². The molecule has 0 heterocycles. The maximum Gasteiger partial charge on any atom is 0.251 e. The Hall–Kier alpha value is -2.11. The molecular weight excluding hydrogens is 309 g/mol. The molecule has 2 N–H and O–H groups in total. The van der Waals surface area contributed by atoms with Crippen LogP contribution >= 0.6 is 11.6 Å². The second-order valence-corrected chi connectivity index (χ2v) is 5.04. The van der Waals surface area contributed by atoms with E-state index in [2.05, 4.69) is 5.32 Å². The van der Waals surface area contributed by atoms with Crippen LogP contribution in [0.25, 0.3) is 0 Å². The van der Waals surface area contributed by atoms with Crippen LogP contribution in [0.1, 0.15) is 22.0 Å². The Morgan fingerprint density at radius 3 is 2.82 bits per heavy atom. The number of carbonyl (C=O) groups excluding carboxylic acids is 1. The van der Waals surface area contributed by atoms with Gasteiger partial charge in [0.25, 0.3) is 5.91 Å². The molecule has 22 heavy (non-hydrogen) atoms. The summed E-state index contributed by atoms with van der Waals surface area (Å²) < 4.78 is 18.4. The van der Waals surface area contributed by atoms with Crippen LogP contribution in [0, 0.1) is 5.82 Å². The SMILES string of the molecule is COc1cccc(C(O)CNC(=O)c2ccc(Cl)c(F)c2)c1. The normalized spacial score (nSPS) is 11.8. The molecule has 0 aliphatic carbocycles. The van der Waals surface area contributed by atoms with E-state index >= 15 is 0 Å². The zero-order valence-corrected chi connectivity index (χ0v) is 12.6. The van der Waals surface area contributed by atoms with Crippen LogP contribution in [0.2, 0.25) is 5.02 Å². The second kappa shape index (κ2) is 7.24. The first-order valence-corrected chi connectivity index (χ1v) is 6.94. The lowest BCUT2D eigenvalue weighted by atomic mass is 10.1. The monoisotopic (exact) mass is 323 g/mol. The van der Waals surface area contributed by atoms with Crippen LogP contribution in [0.4, 0.5) is 4.39 Å². The van der Waals surface area contributed by atoms with Crippen LogP contribution < -0.4 is 10.1 Å². The van der Waals surface area contributed by atoms with Gasteiger partial charge in [0.2, 0.25) is 0 Å². The minimum atomic E-state index is -0.892. The van der Waals surface area contributed by atoms with E-state index in [-0.39, 0.29) is 17.1 Å². The van der Waals surface area contributed by atoms with Crippen molar-refractivity contribution in [1.82, 2.24) is 5.32 Å². The number of aliphatic hydroxyl groups is 1. The minimum Gasteiger partial charge on any atom is -0.497 e. The highest BCUT2D eigenvalue weighted by molar-refractivity contribution is 6.30. The van der Waals surface area contributed by atoms with Crippen molar-refractivity contribution in [1.29, 1.82) is 0 Å². The Kier molecular flexibility index (Phi) is 5.35. The van der Waals surface area contributed by atoms with Crippen LogP contribution in [-0.2, 0) is 0 Å². The predicted molar refractivity (Wildman–Crippen MR) is 81.7 cm³/mol. The molecule has 0 fully saturated rings. The third kappa shape index (κ3) is 3.96. The van der Waals surface area contributed by atoms with Crippen molar-refractivity contribution in [3.8, 4) is 5.75 Å². The molecular formula is C16H15ClFNO3. The van der Waals surface area contributed by atoms with E-state index in [4.69, 9.17) is 16.3 Å². The quantitative estimate of drug-likeness (QED) is 0.889. The first-order valence-electron chi connectivity index (χ1n) is 6.56. The number of carbonyl (C=O) groups is 1. The van der Waals surface area contributed by atoms with E-state index in [0.717, 1.165) is 6.07 Å². The summed E-state index contributed by atoms with van der Waals surface area (Å²) >= 11 is 5.56. The summed E-state index contributed by atoms with van der Waals surface area (Å²) in [5, 5.41) is 12.6. The minimum absolute atomic E-state index is 0.00372. The Bertz CT molecular complexity index is 678. The molecule has 2 aromatic carbocycles. The van der Waals surface area contributed by atoms with Gasteiger partial charge in [0, 0.05) is 12.1 Å². The highest BCUT2D eigenvalue weighted by Crippen LogP contribution is 2.19. The summed E-state index contributed by atoms with van der Waals surface area (Å²) in [4.78, 5) is 11.9. The van der Waals surface area contributed by atoms with Crippen LogP contribution in [0.5, 0.6) is 5.75 Å². The standard InChI is InChI=1S/C16H15ClFNO3/c1-22-12-4-2-3-10(7-12)15(20)9-19-16(21)11-5-6-13(17)14(18)8-11/h2-8,15,20H,9H2,1H3,(H,19,21). The average Bonchev–Trinajstić information content (AvgIpc) is 2.54. The fraction of sp³-hybridized carbons (Fsp3) is 0.188. The van der Waals surface area contributed by atoms with Crippen LogP contribution in [0.15, 0.2) is 42.5 Å². The van der Waals surface area contributed by atoms with E-state index in [1.54, 1.807) is 24.3 Å². The first-order chi connectivity index (χ1) is 10.5. The fourth-order valence-corrected chi connectivity index (χ4v) is 2.01. The van der Waals surface area contributed by atoms with Gasteiger partial charge in [-0.3, -0.25) is 4.79 Å². The Morgan fingerprint density at radius 1 is 1.36 bits per heavy atom. The summed E-state index contributed by atoms with van der Waals surface area (Å²) in [6, 6.07) is 10.7. The molecule has 4 nitrogen and oxygen atoms in total. The van der Waals surface area contributed by atoms with Gasteiger partial charge in [-0.25, -0.2) is 4.39 Å². The summed E-state index contributed by atoms with van der Waals surface area (Å²) in [6.45, 7) is -0.00372. The van der Waals surface area contributed by atoms with Gasteiger partial charge in [-0.1, -0.05) is 23.7 Å². The van der Waals surface area contributed by atoms with Crippen molar-refractivity contribution in [3.63, 3.8) is 0 Å². The highest BCUT2D eigenvalue weighted by Gasteiger charge is 2.13. The zero-order chi connectivity index (χ0) is 16.1. The summed E-state index contributed by atoms with van der Waals surface area (Å²) in [5.74, 6) is -0.539. The van der Waals surface area contributed by atoms with Crippen molar-refractivity contribution in [3.05, 3.63) is 64.4 Å². The fourth-order valence-electron chi connectivity index (χ4n) is 1.90. The summed E-state index contributed by atoms with van der Waals surface area (Å²) in [5.41, 5.74) is 0.752. The topological polar surface area (TPSA) is 58.6 Å². The zero-order valence-electron chi connectivity index (χ0n) is 11.8. The number of hydrogen-bond acceptors (Lipinski definition) is 3. The number of amides is 1. The van der Waals surface area contributed by atoms with E-state index in [1.807, 2.05) is 0 Å². The molecule has 0 saturated heterocycles. The number of nitrogens with one attached hydrogen (secondary N) is 1. The predicted octanol–water partition coefficient (Wildman–Crippen LogP) is 2.95. The highest BCUT2D eigenvalue weighted by atomic mass is 35.5. The molecule has 0 aliphatic rings. The smallest absolute Gasteiger partial charge is 0.251 e. The third-order valence-corrected chi connectivity index (χ3v) is 3.42. The van der Waals surface area contributed by atoms with Crippen molar-refractivity contribution in [2.45, 2.75) is 6.10 Å². The lowest BCUT2D eigenvalue weighted by Gasteiger charge is -2.13. The van der Waals surface area contributed by atoms with Gasteiger partial charge in [-0.15, -0.1) is 0 Å². The van der Waals surface area contributed by atoms with Gasteiger partial charge in [-0.2, -0.15) is 0 Å². The Balaban J connectivity index is 1.99. The molecule has 1 unspecified atom stereocenters. The lowest BCUT2D eigenvalue weighted by Crippen LogP contribution is -2.28. The molecule has 0 radical (unpaired) electrons. The molecule has 0 saturated carbocycles. The van der Waals surface area contributed by atoms with Crippen molar-refractivity contribution in [2.24, 2.45) is 0 Å². The number of hydrogen-bond donors (Lipinski definition) is 2. The van der Waals surface area contributed by atoms with Gasteiger partial charge in [0.05, 0.1) is 18.2 Å². The summed E-state index contributed by atoms with van der Waals surface area (Å²) in [7, 11) is 1.53. The van der Waals surface area contributed by atoms with Gasteiger partial charge in [0.15, 0.2) is 0 Å². The maximum atomic E-state index is 13.3. The van der Waals surface area contributed by atoms with Gasteiger partial charge < -0.3 is 15.2 Å². The molecule has 1 atom stereocenters. The first kappa shape index (κ1) is 16.3. The number of rotatable bonds is 5. The number of methoxy groups -OCH3 is 1. The molecule has 0 aliphatic heterocycles. The van der Waals surface area contributed by atoms with Crippen molar-refractivity contribution in [2.75, 3.05) is 13.7 Å². The molecule has 0 bridgehead atoms. The number of halogens is 2. The van der Waals surface area contributed by atoms with E-state index < -0.39 is 17.8 Å². The van der Waals surface area contributed by atoms with E-state index in [9.17, 15) is 14.3 Å². The lowest BCUT2D eigenvalue weighted by molar-refractivity contribution is 0.0916. The number of benzene rings is 2. The van der Waals surface area contributed by atoms with Crippen molar-refractivity contribution >= 4 is 17.5 Å². The average molecular weight is 324 g/mol. The van der Waals surface area contributed by atoms with Gasteiger partial charge in [-0.05, 0) is 35.9 Å². The molecule has 0 aromatic heterocycles. The maximum absolute atomic E-state index is 13.3. The molecule has 2 rings (SSSR count). The third-order valence-electron chi connectivity index (χ3n) is 3.12. The van der Waals surface area contributed by atoms with E-state index in [1.165, 1.54) is 19.2 Å². The van der Waals surface area contributed by atoms with Crippen LogP contribution in [-0.4, -0.2) is 24.7 Å². The molecule has 2 aromatic rings. The molecule has 0 spiro atoms. The van der Waals surface area contributed by atoms with Gasteiger partial charge >= 0.3 is 0 Å². The molecule has 1 amide bonds. The van der Waals surface area contributed by atoms with Gasteiger partial charge in [0.1, 0.15) is 11.6 Å². The Morgan fingerprint density at radius 2 is 2.14 bits per heavy atom. The largest absolute Gasteiger partial charge is 0.497 e. The summed E-state index contributed by atoms with van der Waals surface area (Å²) in [6.07, 6.45) is -0.892. The number of aliphatic hydroxyl groups excluding tert-OH is 1. The Labute approximate surface area is 132 Å². The van der Waals surface area contributed by atoms with Crippen LogP contribution in [0.3, 0.4) is 0 Å². The second-order valence-electron chi connectivity index (χ2n) is 4.63. The number of ether oxygens (including phenoxy) is 1. The van der Waals surface area contributed by atoms with Crippen molar-refractivity contribution < 1.29 is 19.0 Å². The molecule has 116 valence electrons.